The van der Waals surface area contributed by atoms with Crippen LogP contribution in [0.5, 0.6) is 5.75 Å². The summed E-state index contributed by atoms with van der Waals surface area (Å²) in [5.41, 5.74) is 9.08. The molecule has 2 aromatic rings. The topological polar surface area (TPSA) is 38.5 Å². The zero-order valence-corrected chi connectivity index (χ0v) is 13.4. The molecule has 112 valence electrons. The monoisotopic (exact) mass is 304 g/mol. The molecule has 0 saturated heterocycles. The van der Waals surface area contributed by atoms with E-state index < -0.39 is 0 Å². The van der Waals surface area contributed by atoms with Gasteiger partial charge in [-0.15, -0.1) is 0 Å². The third kappa shape index (κ3) is 3.90. The molecule has 0 spiro atoms. The van der Waals surface area contributed by atoms with Crippen LogP contribution < -0.4 is 15.4 Å². The fraction of sp³-hybridized carbons (Fsp3) is 0.294. The molecule has 3 nitrogen and oxygen atoms in total. The van der Waals surface area contributed by atoms with Crippen molar-refractivity contribution < 1.29 is 4.74 Å². The van der Waals surface area contributed by atoms with Gasteiger partial charge in [0, 0.05) is 19.6 Å². The van der Waals surface area contributed by atoms with E-state index in [9.17, 15) is 0 Å². The van der Waals surface area contributed by atoms with Gasteiger partial charge in [0.15, 0.2) is 0 Å². The highest BCUT2D eigenvalue weighted by atomic mass is 35.5. The van der Waals surface area contributed by atoms with Crippen molar-refractivity contribution in [1.82, 2.24) is 0 Å². The van der Waals surface area contributed by atoms with Crippen molar-refractivity contribution in [3.8, 4) is 5.75 Å². The number of methoxy groups -OCH3 is 1. The number of anilines is 1. The SMILES string of the molecule is COc1cccc(CN(C)c2ccc(C(C)N)cc2Cl)c1. The number of nitrogens with zero attached hydrogens (tertiary/aromatic N) is 1. The van der Waals surface area contributed by atoms with Gasteiger partial charge in [0.1, 0.15) is 5.75 Å². The Morgan fingerprint density at radius 2 is 2.00 bits per heavy atom. The summed E-state index contributed by atoms with van der Waals surface area (Å²) in [6, 6.07) is 14.0. The summed E-state index contributed by atoms with van der Waals surface area (Å²) >= 11 is 6.37. The van der Waals surface area contributed by atoms with Gasteiger partial charge < -0.3 is 15.4 Å². The molecular formula is C17H21ClN2O. The molecule has 0 aromatic heterocycles. The second-order valence-corrected chi connectivity index (χ2v) is 5.61. The number of benzene rings is 2. The molecule has 0 aliphatic rings. The Morgan fingerprint density at radius 3 is 2.62 bits per heavy atom. The first-order valence-corrected chi connectivity index (χ1v) is 7.28. The molecule has 2 N–H and O–H groups in total. The van der Waals surface area contributed by atoms with E-state index in [0.717, 1.165) is 28.6 Å². The Labute approximate surface area is 131 Å². The molecule has 0 fully saturated rings. The molecule has 0 saturated carbocycles. The van der Waals surface area contributed by atoms with Crippen molar-refractivity contribution in [1.29, 1.82) is 0 Å². The normalized spacial score (nSPS) is 12.0. The minimum Gasteiger partial charge on any atom is -0.497 e. The molecule has 4 heteroatoms. The first-order chi connectivity index (χ1) is 10.0. The van der Waals surface area contributed by atoms with Gasteiger partial charge in [0.2, 0.25) is 0 Å². The molecule has 0 bridgehead atoms. The van der Waals surface area contributed by atoms with Gasteiger partial charge in [-0.3, -0.25) is 0 Å². The van der Waals surface area contributed by atoms with E-state index >= 15 is 0 Å². The molecule has 1 unspecified atom stereocenters. The number of ether oxygens (including phenoxy) is 1. The van der Waals surface area contributed by atoms with E-state index in [1.165, 1.54) is 5.56 Å². The first-order valence-electron chi connectivity index (χ1n) is 6.90. The largest absolute Gasteiger partial charge is 0.497 e. The molecule has 0 amide bonds. The number of hydrogen-bond donors (Lipinski definition) is 1. The minimum absolute atomic E-state index is 0.0137. The zero-order chi connectivity index (χ0) is 15.4. The summed E-state index contributed by atoms with van der Waals surface area (Å²) in [4.78, 5) is 2.11. The lowest BCUT2D eigenvalue weighted by Gasteiger charge is -2.22. The summed E-state index contributed by atoms with van der Waals surface area (Å²) in [5, 5.41) is 0.718. The van der Waals surface area contributed by atoms with E-state index in [4.69, 9.17) is 22.1 Å². The van der Waals surface area contributed by atoms with Crippen LogP contribution in [0.4, 0.5) is 5.69 Å². The molecule has 0 heterocycles. The summed E-state index contributed by atoms with van der Waals surface area (Å²) in [5.74, 6) is 0.860. The van der Waals surface area contributed by atoms with Crippen molar-refractivity contribution in [2.24, 2.45) is 5.73 Å². The maximum Gasteiger partial charge on any atom is 0.119 e. The van der Waals surface area contributed by atoms with Gasteiger partial charge in [-0.25, -0.2) is 0 Å². The molecule has 0 aliphatic carbocycles. The molecule has 21 heavy (non-hydrogen) atoms. The number of nitrogens with two attached hydrogens (primary N) is 1. The van der Waals surface area contributed by atoms with E-state index in [-0.39, 0.29) is 6.04 Å². The van der Waals surface area contributed by atoms with Crippen LogP contribution >= 0.6 is 11.6 Å². The van der Waals surface area contributed by atoms with Crippen molar-refractivity contribution in [2.45, 2.75) is 19.5 Å². The van der Waals surface area contributed by atoms with E-state index in [1.807, 2.05) is 50.4 Å². The lowest BCUT2D eigenvalue weighted by atomic mass is 10.1. The van der Waals surface area contributed by atoms with Crippen molar-refractivity contribution in [2.75, 3.05) is 19.1 Å². The molecular weight excluding hydrogens is 284 g/mol. The van der Waals surface area contributed by atoms with Crippen molar-refractivity contribution in [3.63, 3.8) is 0 Å². The fourth-order valence-corrected chi connectivity index (χ4v) is 2.58. The highest BCUT2D eigenvalue weighted by molar-refractivity contribution is 6.33. The van der Waals surface area contributed by atoms with Crippen LogP contribution in [0.1, 0.15) is 24.1 Å². The Hall–Kier alpha value is -1.71. The lowest BCUT2D eigenvalue weighted by Crippen LogP contribution is -2.17. The zero-order valence-electron chi connectivity index (χ0n) is 12.6. The van der Waals surface area contributed by atoms with Crippen molar-refractivity contribution >= 4 is 17.3 Å². The van der Waals surface area contributed by atoms with Crippen LogP contribution in [0.25, 0.3) is 0 Å². The van der Waals surface area contributed by atoms with E-state index in [0.29, 0.717) is 0 Å². The lowest BCUT2D eigenvalue weighted by molar-refractivity contribution is 0.414. The predicted octanol–water partition coefficient (Wildman–Crippen LogP) is 4.00. The van der Waals surface area contributed by atoms with Gasteiger partial charge in [-0.2, -0.15) is 0 Å². The maximum atomic E-state index is 6.37. The molecule has 0 aliphatic heterocycles. The van der Waals surface area contributed by atoms with Crippen LogP contribution in [-0.2, 0) is 6.54 Å². The van der Waals surface area contributed by atoms with E-state index in [1.54, 1.807) is 7.11 Å². The van der Waals surface area contributed by atoms with E-state index in [2.05, 4.69) is 11.0 Å². The number of rotatable bonds is 5. The third-order valence-corrected chi connectivity index (χ3v) is 3.77. The Kier molecular flexibility index (Phi) is 5.10. The standard InChI is InChI=1S/C17H21ClN2O/c1-12(19)14-7-8-17(16(18)10-14)20(2)11-13-5-4-6-15(9-13)21-3/h4-10,12H,11,19H2,1-3H3. The number of hydrogen-bond acceptors (Lipinski definition) is 3. The quantitative estimate of drug-likeness (QED) is 0.907. The maximum absolute atomic E-state index is 6.37. The summed E-state index contributed by atoms with van der Waals surface area (Å²) < 4.78 is 5.25. The summed E-state index contributed by atoms with van der Waals surface area (Å²) in [6.07, 6.45) is 0. The second kappa shape index (κ2) is 6.83. The van der Waals surface area contributed by atoms with Crippen LogP contribution in [0, 0.1) is 0 Å². The van der Waals surface area contributed by atoms with Gasteiger partial charge >= 0.3 is 0 Å². The Balaban J connectivity index is 2.18. The molecule has 1 atom stereocenters. The predicted molar refractivity (Wildman–Crippen MR) is 89.2 cm³/mol. The average Bonchev–Trinajstić information content (AvgIpc) is 2.47. The van der Waals surface area contributed by atoms with Crippen LogP contribution in [0.15, 0.2) is 42.5 Å². The average molecular weight is 305 g/mol. The Bertz CT molecular complexity index is 613. The molecule has 2 rings (SSSR count). The molecule has 0 radical (unpaired) electrons. The Morgan fingerprint density at radius 1 is 1.24 bits per heavy atom. The first kappa shape index (κ1) is 15.7. The number of halogens is 1. The van der Waals surface area contributed by atoms with Gasteiger partial charge in [-0.1, -0.05) is 29.8 Å². The minimum atomic E-state index is -0.0137. The van der Waals surface area contributed by atoms with Crippen LogP contribution in [-0.4, -0.2) is 14.2 Å². The van der Waals surface area contributed by atoms with Crippen molar-refractivity contribution in [3.05, 3.63) is 58.6 Å². The van der Waals surface area contributed by atoms with Crippen LogP contribution in [0.2, 0.25) is 5.02 Å². The second-order valence-electron chi connectivity index (χ2n) is 5.21. The summed E-state index contributed by atoms with van der Waals surface area (Å²) in [6.45, 7) is 2.71. The van der Waals surface area contributed by atoms with Gasteiger partial charge in [-0.05, 0) is 42.3 Å². The smallest absolute Gasteiger partial charge is 0.119 e. The highest BCUT2D eigenvalue weighted by Crippen LogP contribution is 2.29. The molecule has 2 aromatic carbocycles. The van der Waals surface area contributed by atoms with Crippen LogP contribution in [0.3, 0.4) is 0 Å². The van der Waals surface area contributed by atoms with Gasteiger partial charge in [0.05, 0.1) is 17.8 Å². The van der Waals surface area contributed by atoms with Gasteiger partial charge in [0.25, 0.3) is 0 Å². The fourth-order valence-electron chi connectivity index (χ4n) is 2.25. The summed E-state index contributed by atoms with van der Waals surface area (Å²) in [7, 11) is 3.69. The third-order valence-electron chi connectivity index (χ3n) is 3.46. The highest BCUT2D eigenvalue weighted by Gasteiger charge is 2.09.